The summed E-state index contributed by atoms with van der Waals surface area (Å²) < 4.78 is 13.9. The van der Waals surface area contributed by atoms with Crippen LogP contribution in [0.25, 0.3) is 0 Å². The van der Waals surface area contributed by atoms with Crippen LogP contribution < -0.4 is 11.3 Å². The zero-order valence-electron chi connectivity index (χ0n) is 8.82. The van der Waals surface area contributed by atoms with Gasteiger partial charge in [-0.15, -0.1) is 0 Å². The zero-order chi connectivity index (χ0) is 12.3. The maximum Gasteiger partial charge on any atom is 0.143 e. The lowest BCUT2D eigenvalue weighted by atomic mass is 10.1. The van der Waals surface area contributed by atoms with Gasteiger partial charge < -0.3 is 0 Å². The van der Waals surface area contributed by atoms with Crippen molar-refractivity contribution in [3.05, 3.63) is 46.2 Å². The van der Waals surface area contributed by atoms with Crippen LogP contribution in [-0.2, 0) is 6.42 Å². The molecule has 0 saturated carbocycles. The summed E-state index contributed by atoms with van der Waals surface area (Å²) in [6.07, 6.45) is 1.92. The van der Waals surface area contributed by atoms with Crippen molar-refractivity contribution in [2.75, 3.05) is 0 Å². The third-order valence-corrected chi connectivity index (χ3v) is 2.78. The van der Waals surface area contributed by atoms with E-state index in [4.69, 9.17) is 5.84 Å². The molecule has 0 bridgehead atoms. The third kappa shape index (κ3) is 3.09. The summed E-state index contributed by atoms with van der Waals surface area (Å²) in [7, 11) is 0. The van der Waals surface area contributed by atoms with E-state index in [1.165, 1.54) is 18.5 Å². The van der Waals surface area contributed by atoms with Crippen molar-refractivity contribution < 1.29 is 4.39 Å². The first-order chi connectivity index (χ1) is 8.19. The lowest BCUT2D eigenvalue weighted by Gasteiger charge is -2.13. The number of nitrogens with zero attached hydrogens (tertiary/aromatic N) is 2. The fraction of sp³-hybridized carbons (Fsp3) is 0.200. The van der Waals surface area contributed by atoms with E-state index in [1.54, 1.807) is 0 Å². The summed E-state index contributed by atoms with van der Waals surface area (Å²) in [5, 5.41) is 6.48. The molecule has 4 N–H and O–H groups in total. The van der Waals surface area contributed by atoms with Crippen LogP contribution in [0.2, 0.25) is 0 Å². The van der Waals surface area contributed by atoms with Crippen molar-refractivity contribution in [1.82, 2.24) is 20.6 Å². The Balaban J connectivity index is 2.18. The van der Waals surface area contributed by atoms with Gasteiger partial charge in [0.15, 0.2) is 0 Å². The highest BCUT2D eigenvalue weighted by Gasteiger charge is 2.14. The van der Waals surface area contributed by atoms with Crippen LogP contribution in [0.15, 0.2) is 29.0 Å². The van der Waals surface area contributed by atoms with E-state index in [0.29, 0.717) is 16.7 Å². The number of aromatic amines is 1. The van der Waals surface area contributed by atoms with Crippen LogP contribution in [0, 0.1) is 5.82 Å². The molecule has 0 radical (unpaired) electrons. The van der Waals surface area contributed by atoms with Crippen molar-refractivity contribution in [2.45, 2.75) is 12.5 Å². The molecule has 1 heterocycles. The van der Waals surface area contributed by atoms with Gasteiger partial charge in [0.05, 0.1) is 6.04 Å². The predicted octanol–water partition coefficient (Wildman–Crippen LogP) is 1.45. The topological polar surface area (TPSA) is 79.6 Å². The van der Waals surface area contributed by atoms with E-state index in [0.717, 1.165) is 5.56 Å². The number of hydrazine groups is 1. The molecule has 0 saturated heterocycles. The number of aromatic nitrogens is 3. The van der Waals surface area contributed by atoms with E-state index in [9.17, 15) is 4.39 Å². The van der Waals surface area contributed by atoms with Crippen LogP contribution >= 0.6 is 15.9 Å². The smallest absolute Gasteiger partial charge is 0.143 e. The second-order valence-electron chi connectivity index (χ2n) is 3.57. The number of nitrogens with two attached hydrogens (primary N) is 1. The molecule has 7 heteroatoms. The van der Waals surface area contributed by atoms with Gasteiger partial charge in [-0.2, -0.15) is 5.10 Å². The molecule has 0 aliphatic heterocycles. The minimum atomic E-state index is -0.289. The van der Waals surface area contributed by atoms with Crippen LogP contribution in [0.5, 0.6) is 0 Å². The molecule has 1 aromatic heterocycles. The fourth-order valence-corrected chi connectivity index (χ4v) is 2.09. The largest absolute Gasteiger partial charge is 0.271 e. The lowest BCUT2D eigenvalue weighted by molar-refractivity contribution is 0.522. The fourth-order valence-electron chi connectivity index (χ4n) is 1.58. The van der Waals surface area contributed by atoms with E-state index >= 15 is 0 Å². The van der Waals surface area contributed by atoms with Gasteiger partial charge in [0.1, 0.15) is 18.0 Å². The Kier molecular flexibility index (Phi) is 3.82. The molecule has 1 unspecified atom stereocenters. The maximum absolute atomic E-state index is 13.2. The number of benzene rings is 1. The Bertz CT molecular complexity index is 467. The number of hydrogen-bond donors (Lipinski definition) is 3. The highest BCUT2D eigenvalue weighted by atomic mass is 79.9. The molecule has 0 spiro atoms. The van der Waals surface area contributed by atoms with E-state index in [-0.39, 0.29) is 11.9 Å². The van der Waals surface area contributed by atoms with Crippen LogP contribution in [0.4, 0.5) is 4.39 Å². The molecule has 1 atom stereocenters. The number of rotatable bonds is 4. The highest BCUT2D eigenvalue weighted by Crippen LogP contribution is 2.19. The summed E-state index contributed by atoms with van der Waals surface area (Å²) in [5.74, 6) is 5.77. The molecule has 0 aliphatic carbocycles. The first-order valence-electron chi connectivity index (χ1n) is 4.95. The van der Waals surface area contributed by atoms with Crippen molar-refractivity contribution in [3.8, 4) is 0 Å². The quantitative estimate of drug-likeness (QED) is 0.590. The molecule has 0 amide bonds. The Morgan fingerprint density at radius 1 is 1.47 bits per heavy atom. The summed E-state index contributed by atoms with van der Waals surface area (Å²) in [6, 6.07) is 4.48. The minimum absolute atomic E-state index is 0.230. The average molecular weight is 300 g/mol. The first-order valence-corrected chi connectivity index (χ1v) is 5.74. The summed E-state index contributed by atoms with van der Waals surface area (Å²) in [5.41, 5.74) is 3.44. The molecule has 0 fully saturated rings. The number of halogens is 2. The molecule has 90 valence electrons. The normalized spacial score (nSPS) is 12.6. The number of nitrogens with one attached hydrogen (secondary N) is 2. The van der Waals surface area contributed by atoms with E-state index < -0.39 is 0 Å². The molecular formula is C10H11BrFN5. The number of hydrogen-bond acceptors (Lipinski definition) is 4. The Morgan fingerprint density at radius 3 is 2.88 bits per heavy atom. The summed E-state index contributed by atoms with van der Waals surface area (Å²) >= 11 is 3.25. The molecule has 17 heavy (non-hydrogen) atoms. The van der Waals surface area contributed by atoms with Crippen molar-refractivity contribution in [2.24, 2.45) is 5.84 Å². The van der Waals surface area contributed by atoms with Gasteiger partial charge in [-0.3, -0.25) is 10.9 Å². The number of H-pyrrole nitrogens is 1. The molecule has 5 nitrogen and oxygen atoms in total. The molecule has 1 aromatic carbocycles. The second kappa shape index (κ2) is 5.35. The second-order valence-corrected chi connectivity index (χ2v) is 4.49. The summed E-state index contributed by atoms with van der Waals surface area (Å²) in [6.45, 7) is 0. The molecule has 2 aromatic rings. The molecular weight excluding hydrogens is 289 g/mol. The van der Waals surface area contributed by atoms with Gasteiger partial charge in [-0.05, 0) is 30.2 Å². The highest BCUT2D eigenvalue weighted by molar-refractivity contribution is 9.10. The standard InChI is InChI=1S/C10H11BrFN5/c11-7-1-6(2-8(12)4-7)3-9(16-13)10-14-5-15-17-10/h1-2,4-5,9,16H,3,13H2,(H,14,15,17). The maximum atomic E-state index is 13.2. The summed E-state index contributed by atoms with van der Waals surface area (Å²) in [4.78, 5) is 4.01. The van der Waals surface area contributed by atoms with Crippen LogP contribution in [0.1, 0.15) is 17.4 Å². The third-order valence-electron chi connectivity index (χ3n) is 2.33. The Hall–Kier alpha value is -1.31. The van der Waals surface area contributed by atoms with E-state index in [1.807, 2.05) is 6.07 Å². The lowest BCUT2D eigenvalue weighted by Crippen LogP contribution is -2.30. The first kappa shape index (κ1) is 12.2. The molecule has 2 rings (SSSR count). The van der Waals surface area contributed by atoms with Gasteiger partial charge in [-0.1, -0.05) is 15.9 Å². The van der Waals surface area contributed by atoms with Gasteiger partial charge in [0, 0.05) is 4.47 Å². The Morgan fingerprint density at radius 2 is 2.29 bits per heavy atom. The van der Waals surface area contributed by atoms with Gasteiger partial charge in [-0.25, -0.2) is 14.8 Å². The van der Waals surface area contributed by atoms with Gasteiger partial charge in [0.2, 0.25) is 0 Å². The van der Waals surface area contributed by atoms with Crippen molar-refractivity contribution in [1.29, 1.82) is 0 Å². The van der Waals surface area contributed by atoms with Gasteiger partial charge >= 0.3 is 0 Å². The predicted molar refractivity (Wildman–Crippen MR) is 64.3 cm³/mol. The monoisotopic (exact) mass is 299 g/mol. The van der Waals surface area contributed by atoms with Crippen molar-refractivity contribution >= 4 is 15.9 Å². The van der Waals surface area contributed by atoms with Crippen molar-refractivity contribution in [3.63, 3.8) is 0 Å². The zero-order valence-corrected chi connectivity index (χ0v) is 10.4. The Labute approximate surface area is 106 Å². The average Bonchev–Trinajstić information content (AvgIpc) is 2.77. The minimum Gasteiger partial charge on any atom is -0.271 e. The van der Waals surface area contributed by atoms with Gasteiger partial charge in [0.25, 0.3) is 0 Å². The SMILES string of the molecule is NNC(Cc1cc(F)cc(Br)c1)c1ncn[nH]1. The van der Waals surface area contributed by atoms with Crippen LogP contribution in [0.3, 0.4) is 0 Å². The van der Waals surface area contributed by atoms with Crippen LogP contribution in [-0.4, -0.2) is 15.2 Å². The van der Waals surface area contributed by atoms with E-state index in [2.05, 4.69) is 36.5 Å². The molecule has 0 aliphatic rings.